The van der Waals surface area contributed by atoms with Gasteiger partial charge in [-0.2, -0.15) is 0 Å². The first kappa shape index (κ1) is 13.0. The van der Waals surface area contributed by atoms with Crippen LogP contribution in [0, 0.1) is 5.41 Å². The van der Waals surface area contributed by atoms with Gasteiger partial charge in [0, 0.05) is 11.5 Å². The zero-order chi connectivity index (χ0) is 14.7. The Hall–Kier alpha value is -1.73. The fourth-order valence-corrected chi connectivity index (χ4v) is 3.25. The Kier molecular flexibility index (Phi) is 2.56. The van der Waals surface area contributed by atoms with Gasteiger partial charge in [0.05, 0.1) is 19.5 Å². The molecule has 2 aromatic heterocycles. The molecule has 0 bridgehead atoms. The van der Waals surface area contributed by atoms with Crippen molar-refractivity contribution in [2.45, 2.75) is 38.5 Å². The molecule has 0 unspecified atom stereocenters. The fraction of sp³-hybridized carbons (Fsp3) is 0.643. The highest BCUT2D eigenvalue weighted by molar-refractivity contribution is 5.81. The van der Waals surface area contributed by atoms with Crippen LogP contribution in [-0.4, -0.2) is 38.5 Å². The highest BCUT2D eigenvalue weighted by Gasteiger charge is 2.50. The molecule has 1 aliphatic heterocycles. The Morgan fingerprint density at radius 3 is 2.62 bits per heavy atom. The zero-order valence-corrected chi connectivity index (χ0v) is 12.2. The Labute approximate surface area is 122 Å². The maximum atomic E-state index is 5.83. The molecular formula is C14H19N5O2. The summed E-state index contributed by atoms with van der Waals surface area (Å²) in [4.78, 5) is 12.6. The molecule has 2 aliphatic rings. The van der Waals surface area contributed by atoms with Gasteiger partial charge in [-0.05, 0) is 26.7 Å². The summed E-state index contributed by atoms with van der Waals surface area (Å²) in [6.07, 6.45) is 5.32. The van der Waals surface area contributed by atoms with Crippen molar-refractivity contribution in [2.75, 3.05) is 18.9 Å². The number of hydrogen-bond acceptors (Lipinski definition) is 6. The van der Waals surface area contributed by atoms with Crippen LogP contribution < -0.4 is 5.73 Å². The molecule has 21 heavy (non-hydrogen) atoms. The number of imidazole rings is 1. The van der Waals surface area contributed by atoms with E-state index in [0.717, 1.165) is 31.7 Å². The van der Waals surface area contributed by atoms with Gasteiger partial charge in [-0.25, -0.2) is 15.0 Å². The Balaban J connectivity index is 1.54. The maximum absolute atomic E-state index is 5.83. The van der Waals surface area contributed by atoms with Crippen LogP contribution in [0.15, 0.2) is 12.7 Å². The van der Waals surface area contributed by atoms with Crippen molar-refractivity contribution in [3.8, 4) is 0 Å². The lowest BCUT2D eigenvalue weighted by molar-refractivity contribution is -0.302. The lowest BCUT2D eigenvalue weighted by Crippen LogP contribution is -2.53. The second-order valence-corrected chi connectivity index (χ2v) is 6.62. The third-order valence-corrected chi connectivity index (χ3v) is 4.57. The van der Waals surface area contributed by atoms with E-state index in [1.807, 2.05) is 20.2 Å². The molecule has 1 saturated carbocycles. The van der Waals surface area contributed by atoms with Crippen LogP contribution in [-0.2, 0) is 9.47 Å². The summed E-state index contributed by atoms with van der Waals surface area (Å²) < 4.78 is 13.7. The minimum absolute atomic E-state index is 0.134. The summed E-state index contributed by atoms with van der Waals surface area (Å²) in [5, 5.41) is 0. The number of nitrogens with two attached hydrogens (primary N) is 1. The van der Waals surface area contributed by atoms with Crippen molar-refractivity contribution < 1.29 is 9.47 Å². The summed E-state index contributed by atoms with van der Waals surface area (Å²) >= 11 is 0. The number of nitrogen functional groups attached to an aromatic ring is 1. The number of fused-ring (bicyclic) bond motifs is 1. The molecule has 7 nitrogen and oxygen atoms in total. The second-order valence-electron chi connectivity index (χ2n) is 6.62. The summed E-state index contributed by atoms with van der Waals surface area (Å²) in [6, 6.07) is 0.373. The smallest absolute Gasteiger partial charge is 0.165 e. The van der Waals surface area contributed by atoms with E-state index in [9.17, 15) is 0 Å². The first-order chi connectivity index (χ1) is 9.98. The van der Waals surface area contributed by atoms with Gasteiger partial charge in [0.25, 0.3) is 0 Å². The van der Waals surface area contributed by atoms with Gasteiger partial charge in [-0.3, -0.25) is 0 Å². The minimum atomic E-state index is -0.459. The number of rotatable bonds is 1. The van der Waals surface area contributed by atoms with Crippen molar-refractivity contribution in [2.24, 2.45) is 5.41 Å². The molecule has 112 valence electrons. The summed E-state index contributed by atoms with van der Waals surface area (Å²) in [5.41, 5.74) is 7.45. The van der Waals surface area contributed by atoms with Crippen LogP contribution in [0.3, 0.4) is 0 Å². The standard InChI is InChI=1S/C14H19N5O2/c1-13(2)20-5-14(6-21-13)3-9(4-14)19-8-18-10-11(15)16-7-17-12(10)19/h7-9H,3-6H2,1-2H3,(H2,15,16,17). The van der Waals surface area contributed by atoms with E-state index < -0.39 is 5.79 Å². The van der Waals surface area contributed by atoms with E-state index in [4.69, 9.17) is 15.2 Å². The fourth-order valence-electron chi connectivity index (χ4n) is 3.25. The third-order valence-electron chi connectivity index (χ3n) is 4.57. The maximum Gasteiger partial charge on any atom is 0.165 e. The molecule has 0 radical (unpaired) electrons. The van der Waals surface area contributed by atoms with Crippen molar-refractivity contribution in [1.82, 2.24) is 19.5 Å². The van der Waals surface area contributed by atoms with Crippen molar-refractivity contribution in [3.63, 3.8) is 0 Å². The van der Waals surface area contributed by atoms with Crippen LogP contribution in [0.1, 0.15) is 32.7 Å². The molecule has 1 saturated heterocycles. The average Bonchev–Trinajstić information content (AvgIpc) is 2.82. The normalized spacial score (nSPS) is 24.3. The summed E-state index contributed by atoms with van der Waals surface area (Å²) in [6.45, 7) is 5.42. The van der Waals surface area contributed by atoms with Crippen molar-refractivity contribution >= 4 is 17.0 Å². The number of ether oxygens (including phenoxy) is 2. The zero-order valence-electron chi connectivity index (χ0n) is 12.2. The SMILES string of the molecule is CC1(C)OCC2(CO1)CC(n1cnc3c(N)ncnc31)C2. The molecule has 2 fully saturated rings. The van der Waals surface area contributed by atoms with Crippen molar-refractivity contribution in [1.29, 1.82) is 0 Å². The van der Waals surface area contributed by atoms with E-state index in [1.54, 1.807) is 0 Å². The molecule has 2 N–H and O–H groups in total. The summed E-state index contributed by atoms with van der Waals surface area (Å²) in [5.74, 6) is -0.0291. The van der Waals surface area contributed by atoms with Gasteiger partial charge >= 0.3 is 0 Å². The van der Waals surface area contributed by atoms with Crippen LogP contribution in [0.25, 0.3) is 11.2 Å². The highest BCUT2D eigenvalue weighted by atomic mass is 16.7. The largest absolute Gasteiger partial charge is 0.382 e. The first-order valence-electron chi connectivity index (χ1n) is 7.19. The third kappa shape index (κ3) is 1.99. The van der Waals surface area contributed by atoms with E-state index in [0.29, 0.717) is 17.4 Å². The van der Waals surface area contributed by atoms with E-state index in [-0.39, 0.29) is 5.41 Å². The quantitative estimate of drug-likeness (QED) is 0.856. The summed E-state index contributed by atoms with van der Waals surface area (Å²) in [7, 11) is 0. The predicted molar refractivity (Wildman–Crippen MR) is 76.4 cm³/mol. The molecular weight excluding hydrogens is 270 g/mol. The van der Waals surface area contributed by atoms with Crippen LogP contribution in [0.4, 0.5) is 5.82 Å². The molecule has 1 spiro atoms. The molecule has 0 aromatic carbocycles. The predicted octanol–water partition coefficient (Wildman–Crippen LogP) is 1.51. The van der Waals surface area contributed by atoms with Gasteiger partial charge in [-0.15, -0.1) is 0 Å². The second kappa shape index (κ2) is 4.14. The number of aromatic nitrogens is 4. The van der Waals surface area contributed by atoms with Gasteiger partial charge in [0.1, 0.15) is 11.8 Å². The molecule has 7 heteroatoms. The molecule has 0 amide bonds. The Morgan fingerprint density at radius 2 is 1.90 bits per heavy atom. The molecule has 4 rings (SSSR count). The van der Waals surface area contributed by atoms with Gasteiger partial charge in [0.15, 0.2) is 17.3 Å². The van der Waals surface area contributed by atoms with E-state index in [2.05, 4.69) is 19.5 Å². The Morgan fingerprint density at radius 1 is 1.19 bits per heavy atom. The molecule has 0 atom stereocenters. The van der Waals surface area contributed by atoms with Gasteiger partial charge in [0.2, 0.25) is 0 Å². The molecule has 1 aliphatic carbocycles. The van der Waals surface area contributed by atoms with Crippen molar-refractivity contribution in [3.05, 3.63) is 12.7 Å². The number of hydrogen-bond donors (Lipinski definition) is 1. The van der Waals surface area contributed by atoms with Crippen LogP contribution in [0.2, 0.25) is 0 Å². The highest BCUT2D eigenvalue weighted by Crippen LogP contribution is 2.52. The van der Waals surface area contributed by atoms with E-state index in [1.165, 1.54) is 6.33 Å². The van der Waals surface area contributed by atoms with E-state index >= 15 is 0 Å². The Bertz CT molecular complexity index is 678. The average molecular weight is 289 g/mol. The van der Waals surface area contributed by atoms with Gasteiger partial charge in [-0.1, -0.05) is 0 Å². The topological polar surface area (TPSA) is 88.1 Å². The lowest BCUT2D eigenvalue weighted by atomic mass is 9.66. The first-order valence-corrected chi connectivity index (χ1v) is 7.19. The molecule has 2 aromatic rings. The van der Waals surface area contributed by atoms with Crippen LogP contribution in [0.5, 0.6) is 0 Å². The number of nitrogens with zero attached hydrogens (tertiary/aromatic N) is 4. The van der Waals surface area contributed by atoms with Gasteiger partial charge < -0.3 is 19.8 Å². The van der Waals surface area contributed by atoms with Crippen LogP contribution >= 0.6 is 0 Å². The monoisotopic (exact) mass is 289 g/mol. The number of anilines is 1. The minimum Gasteiger partial charge on any atom is -0.382 e. The molecule has 3 heterocycles. The lowest BCUT2D eigenvalue weighted by Gasteiger charge is -2.52.